The summed E-state index contributed by atoms with van der Waals surface area (Å²) >= 11 is 5.68. The van der Waals surface area contributed by atoms with Crippen LogP contribution in [0.5, 0.6) is 5.75 Å². The predicted octanol–water partition coefficient (Wildman–Crippen LogP) is 4.08. The first kappa shape index (κ1) is 23.8. The normalized spacial score (nSPS) is 21.6. The first-order chi connectivity index (χ1) is 14.8. The van der Waals surface area contributed by atoms with E-state index in [9.17, 15) is 4.79 Å². The van der Waals surface area contributed by atoms with Gasteiger partial charge in [-0.15, -0.1) is 0 Å². The Balaban J connectivity index is 1.66. The van der Waals surface area contributed by atoms with Crippen LogP contribution in [0.4, 0.5) is 5.69 Å². The monoisotopic (exact) mass is 446 g/mol. The van der Waals surface area contributed by atoms with Crippen LogP contribution in [0.1, 0.15) is 53.4 Å². The first-order valence-corrected chi connectivity index (χ1v) is 12.0. The van der Waals surface area contributed by atoms with Crippen LogP contribution in [0.15, 0.2) is 24.3 Å². The Morgan fingerprint density at radius 1 is 1.26 bits per heavy atom. The number of amides is 1. The summed E-state index contributed by atoms with van der Waals surface area (Å²) in [6.07, 6.45) is 3.73. The highest BCUT2D eigenvalue weighted by Gasteiger charge is 2.51. The Kier molecular flexibility index (Phi) is 7.81. The highest BCUT2D eigenvalue weighted by Crippen LogP contribution is 2.35. The van der Waals surface area contributed by atoms with Crippen LogP contribution in [0, 0.1) is 11.8 Å². The van der Waals surface area contributed by atoms with Gasteiger partial charge >= 0.3 is 0 Å². The number of ether oxygens (including phenoxy) is 1. The molecule has 0 radical (unpaired) electrons. The minimum atomic E-state index is -0.244. The fourth-order valence-electron chi connectivity index (χ4n) is 4.57. The molecule has 0 saturated carbocycles. The maximum absolute atomic E-state index is 13.3. The highest BCUT2D eigenvalue weighted by atomic mass is 32.1. The Morgan fingerprint density at radius 3 is 2.45 bits per heavy atom. The molecule has 6 nitrogen and oxygen atoms in total. The second-order valence-corrected chi connectivity index (χ2v) is 9.85. The smallest absolute Gasteiger partial charge is 0.241 e. The first-order valence-electron chi connectivity index (χ1n) is 11.6. The molecular formula is C24H38N4O2S. The van der Waals surface area contributed by atoms with E-state index in [1.165, 1.54) is 0 Å². The lowest BCUT2D eigenvalue weighted by molar-refractivity contribution is -0.134. The lowest BCUT2D eigenvalue weighted by Crippen LogP contribution is -2.60. The van der Waals surface area contributed by atoms with Crippen molar-refractivity contribution in [1.82, 2.24) is 15.1 Å². The maximum Gasteiger partial charge on any atom is 0.241 e. The van der Waals surface area contributed by atoms with Gasteiger partial charge in [0.2, 0.25) is 5.91 Å². The molecule has 0 aliphatic carbocycles. The molecule has 0 aromatic heterocycles. The number of carbonyl (C=O) groups is 1. The van der Waals surface area contributed by atoms with Gasteiger partial charge in [-0.25, -0.2) is 0 Å². The summed E-state index contributed by atoms with van der Waals surface area (Å²) in [5.74, 6) is 2.09. The summed E-state index contributed by atoms with van der Waals surface area (Å²) in [5.41, 5.74) is 0.711. The lowest BCUT2D eigenvalue weighted by atomic mass is 9.94. The number of hydrogen-bond acceptors (Lipinski definition) is 4. The summed E-state index contributed by atoms with van der Waals surface area (Å²) in [7, 11) is 1.66. The number of hydrogen-bond donors (Lipinski definition) is 2. The number of methoxy groups -OCH3 is 1. The number of carbonyl (C=O) groups excluding carboxylic acids is 1. The van der Waals surface area contributed by atoms with Crippen molar-refractivity contribution in [2.24, 2.45) is 11.8 Å². The van der Waals surface area contributed by atoms with Crippen molar-refractivity contribution in [2.75, 3.05) is 32.1 Å². The van der Waals surface area contributed by atoms with E-state index in [-0.39, 0.29) is 17.6 Å². The van der Waals surface area contributed by atoms with E-state index in [0.29, 0.717) is 11.8 Å². The van der Waals surface area contributed by atoms with Crippen molar-refractivity contribution in [3.8, 4) is 5.75 Å². The van der Waals surface area contributed by atoms with Crippen LogP contribution in [0.25, 0.3) is 0 Å². The van der Waals surface area contributed by atoms with Crippen molar-refractivity contribution in [3.05, 3.63) is 24.3 Å². The number of nitrogens with zero attached hydrogens (tertiary/aromatic N) is 2. The lowest BCUT2D eigenvalue weighted by Gasteiger charge is -2.46. The number of anilines is 1. The van der Waals surface area contributed by atoms with Crippen molar-refractivity contribution in [3.63, 3.8) is 0 Å². The largest absolute Gasteiger partial charge is 0.497 e. The van der Waals surface area contributed by atoms with E-state index in [1.54, 1.807) is 7.11 Å². The number of rotatable bonds is 7. The number of likely N-dealkylation sites (tertiary alicyclic amines) is 1. The molecule has 2 N–H and O–H groups in total. The minimum Gasteiger partial charge on any atom is -0.497 e. The second-order valence-electron chi connectivity index (χ2n) is 9.47. The van der Waals surface area contributed by atoms with Crippen LogP contribution in [-0.2, 0) is 4.79 Å². The van der Waals surface area contributed by atoms with E-state index in [4.69, 9.17) is 17.0 Å². The van der Waals surface area contributed by atoms with E-state index in [2.05, 4.69) is 48.1 Å². The molecule has 1 spiro atoms. The number of thiocarbonyl (C=S) groups is 1. The van der Waals surface area contributed by atoms with Gasteiger partial charge in [0, 0.05) is 38.2 Å². The molecule has 172 valence electrons. The zero-order chi connectivity index (χ0) is 22.6. The third-order valence-electron chi connectivity index (χ3n) is 6.64. The molecule has 1 aromatic carbocycles. The Labute approximate surface area is 192 Å². The molecule has 0 unspecified atom stereocenters. The molecular weight excluding hydrogens is 408 g/mol. The second kappa shape index (κ2) is 10.2. The van der Waals surface area contributed by atoms with Crippen LogP contribution < -0.4 is 15.4 Å². The van der Waals surface area contributed by atoms with Crippen molar-refractivity contribution in [2.45, 2.75) is 65.1 Å². The van der Waals surface area contributed by atoms with Crippen LogP contribution in [-0.4, -0.2) is 59.3 Å². The van der Waals surface area contributed by atoms with Crippen LogP contribution in [0.2, 0.25) is 0 Å². The van der Waals surface area contributed by atoms with Gasteiger partial charge in [0.15, 0.2) is 5.11 Å². The fraction of sp³-hybridized carbons (Fsp3) is 0.667. The van der Waals surface area contributed by atoms with E-state index in [0.717, 1.165) is 61.9 Å². The molecule has 0 bridgehead atoms. The topological polar surface area (TPSA) is 56.8 Å². The Bertz CT molecular complexity index is 759. The molecule has 1 amide bonds. The van der Waals surface area contributed by atoms with Gasteiger partial charge in [0.25, 0.3) is 0 Å². The molecule has 2 aliphatic heterocycles. The number of benzene rings is 1. The molecule has 31 heavy (non-hydrogen) atoms. The van der Waals surface area contributed by atoms with Gasteiger partial charge in [0.05, 0.1) is 18.8 Å². The van der Waals surface area contributed by atoms with Crippen molar-refractivity contribution >= 4 is 28.9 Å². The highest BCUT2D eigenvalue weighted by molar-refractivity contribution is 7.80. The molecule has 2 saturated heterocycles. The zero-order valence-corrected chi connectivity index (χ0v) is 20.4. The average molecular weight is 447 g/mol. The van der Waals surface area contributed by atoms with Crippen molar-refractivity contribution < 1.29 is 9.53 Å². The van der Waals surface area contributed by atoms with Gasteiger partial charge < -0.3 is 19.9 Å². The maximum atomic E-state index is 13.3. The fourth-order valence-corrected chi connectivity index (χ4v) is 4.87. The molecule has 2 aliphatic rings. The van der Waals surface area contributed by atoms with Crippen LogP contribution in [0.3, 0.4) is 0 Å². The predicted molar refractivity (Wildman–Crippen MR) is 130 cm³/mol. The Hall–Kier alpha value is -1.86. The van der Waals surface area contributed by atoms with Crippen molar-refractivity contribution in [1.29, 1.82) is 0 Å². The average Bonchev–Trinajstić information content (AvgIpc) is 2.99. The van der Waals surface area contributed by atoms with E-state index < -0.39 is 0 Å². The van der Waals surface area contributed by atoms with E-state index in [1.807, 2.05) is 24.3 Å². The number of piperidine rings is 1. The quantitative estimate of drug-likeness (QED) is 0.616. The summed E-state index contributed by atoms with van der Waals surface area (Å²) in [6.45, 7) is 11.3. The van der Waals surface area contributed by atoms with Crippen LogP contribution >= 0.6 is 12.2 Å². The molecule has 1 aromatic rings. The van der Waals surface area contributed by atoms with Gasteiger partial charge in [-0.3, -0.25) is 10.1 Å². The number of nitrogens with one attached hydrogen (secondary N) is 2. The zero-order valence-electron chi connectivity index (χ0n) is 19.6. The molecule has 2 heterocycles. The Morgan fingerprint density at radius 2 is 1.90 bits per heavy atom. The third kappa shape index (κ3) is 5.50. The van der Waals surface area contributed by atoms with Gasteiger partial charge in [-0.2, -0.15) is 0 Å². The minimum absolute atomic E-state index is 0.0695. The summed E-state index contributed by atoms with van der Waals surface area (Å²) in [6, 6.07) is 7.72. The molecule has 2 fully saturated rings. The SMILES string of the molecule is CC[C@H](C)CN1C(=O)[C@@H](CC(C)C)NC12CCN(C(=S)Nc1ccc(OC)cc1)CC2. The summed E-state index contributed by atoms with van der Waals surface area (Å²) < 4.78 is 5.22. The van der Waals surface area contributed by atoms with E-state index >= 15 is 0 Å². The molecule has 7 heteroatoms. The third-order valence-corrected chi connectivity index (χ3v) is 7.00. The molecule has 2 atom stereocenters. The van der Waals surface area contributed by atoms with Gasteiger partial charge in [0.1, 0.15) is 5.75 Å². The summed E-state index contributed by atoms with van der Waals surface area (Å²) in [4.78, 5) is 17.7. The standard InChI is InChI=1S/C24H38N4O2S/c1-6-18(4)16-28-22(29)21(15-17(2)3)26-24(28)11-13-27(14-12-24)23(31)25-19-7-9-20(30-5)10-8-19/h7-10,17-18,21,26H,6,11-16H2,1-5H3,(H,25,31)/t18-,21+/m0/s1. The van der Waals surface area contributed by atoms with Gasteiger partial charge in [-0.1, -0.05) is 34.1 Å². The summed E-state index contributed by atoms with van der Waals surface area (Å²) in [5, 5.41) is 7.83. The molecule has 3 rings (SSSR count). The van der Waals surface area contributed by atoms with Gasteiger partial charge in [-0.05, 0) is 54.7 Å².